The summed E-state index contributed by atoms with van der Waals surface area (Å²) in [5, 5.41) is 0.685. The summed E-state index contributed by atoms with van der Waals surface area (Å²) in [5.41, 5.74) is 6.77. The molecular formula is C14H15ClN2O. The number of benzene rings is 1. The number of aromatic nitrogens is 1. The van der Waals surface area contributed by atoms with Crippen molar-refractivity contribution >= 4 is 11.6 Å². The lowest BCUT2D eigenvalue weighted by Gasteiger charge is -2.09. The van der Waals surface area contributed by atoms with E-state index < -0.39 is 0 Å². The van der Waals surface area contributed by atoms with Crippen LogP contribution in [-0.2, 0) is 0 Å². The number of halogens is 1. The van der Waals surface area contributed by atoms with Gasteiger partial charge in [0.1, 0.15) is 11.5 Å². The van der Waals surface area contributed by atoms with Crippen LogP contribution in [0.4, 0.5) is 0 Å². The number of rotatable bonds is 4. The molecule has 0 radical (unpaired) electrons. The SMILES string of the molecule is CC[C@@H](N)c1ccc(Oc2ccc(Cl)cc2)cn1. The zero-order chi connectivity index (χ0) is 13.0. The third-order valence-corrected chi connectivity index (χ3v) is 2.88. The molecule has 94 valence electrons. The summed E-state index contributed by atoms with van der Waals surface area (Å²) in [5.74, 6) is 1.41. The average molecular weight is 263 g/mol. The molecule has 0 aliphatic heterocycles. The van der Waals surface area contributed by atoms with Gasteiger partial charge in [-0.25, -0.2) is 0 Å². The first-order valence-corrected chi connectivity index (χ1v) is 6.22. The topological polar surface area (TPSA) is 48.1 Å². The fourth-order valence-electron chi connectivity index (χ4n) is 1.52. The van der Waals surface area contributed by atoms with Crippen LogP contribution in [0.1, 0.15) is 25.1 Å². The third-order valence-electron chi connectivity index (χ3n) is 2.63. The van der Waals surface area contributed by atoms with Crippen molar-refractivity contribution in [3.63, 3.8) is 0 Å². The second kappa shape index (κ2) is 5.85. The van der Waals surface area contributed by atoms with Gasteiger partial charge in [-0.3, -0.25) is 4.98 Å². The molecule has 0 bridgehead atoms. The number of hydrogen-bond acceptors (Lipinski definition) is 3. The number of nitrogens with zero attached hydrogens (tertiary/aromatic N) is 1. The quantitative estimate of drug-likeness (QED) is 0.908. The molecule has 0 fully saturated rings. The van der Waals surface area contributed by atoms with Gasteiger partial charge in [0.05, 0.1) is 11.9 Å². The lowest BCUT2D eigenvalue weighted by atomic mass is 10.1. The van der Waals surface area contributed by atoms with Crippen molar-refractivity contribution in [1.82, 2.24) is 4.98 Å². The van der Waals surface area contributed by atoms with Crippen molar-refractivity contribution in [2.75, 3.05) is 0 Å². The van der Waals surface area contributed by atoms with E-state index in [0.29, 0.717) is 10.8 Å². The highest BCUT2D eigenvalue weighted by Crippen LogP contribution is 2.23. The van der Waals surface area contributed by atoms with Crippen LogP contribution in [0.3, 0.4) is 0 Å². The van der Waals surface area contributed by atoms with Gasteiger partial charge >= 0.3 is 0 Å². The van der Waals surface area contributed by atoms with Gasteiger partial charge in [0.2, 0.25) is 0 Å². The Hall–Kier alpha value is -1.58. The van der Waals surface area contributed by atoms with E-state index >= 15 is 0 Å². The van der Waals surface area contributed by atoms with Crippen molar-refractivity contribution in [3.05, 3.63) is 53.3 Å². The Morgan fingerprint density at radius 1 is 1.17 bits per heavy atom. The standard InChI is InChI=1S/C14H15ClN2O/c1-2-13(16)14-8-7-12(9-17-14)18-11-5-3-10(15)4-6-11/h3-9,13H,2,16H2,1H3/t13-/m1/s1. The Morgan fingerprint density at radius 2 is 1.83 bits per heavy atom. The van der Waals surface area contributed by atoms with Gasteiger partial charge in [-0.15, -0.1) is 0 Å². The van der Waals surface area contributed by atoms with E-state index in [0.717, 1.165) is 17.9 Å². The molecule has 0 unspecified atom stereocenters. The largest absolute Gasteiger partial charge is 0.456 e. The minimum Gasteiger partial charge on any atom is -0.456 e. The second-order valence-electron chi connectivity index (χ2n) is 3.99. The van der Waals surface area contributed by atoms with Gasteiger partial charge in [0, 0.05) is 11.1 Å². The van der Waals surface area contributed by atoms with Crippen molar-refractivity contribution in [3.8, 4) is 11.5 Å². The van der Waals surface area contributed by atoms with Crippen molar-refractivity contribution in [1.29, 1.82) is 0 Å². The molecule has 1 aromatic heterocycles. The van der Waals surface area contributed by atoms with Crippen LogP contribution in [0.25, 0.3) is 0 Å². The third kappa shape index (κ3) is 3.22. The Labute approximate surface area is 112 Å². The summed E-state index contributed by atoms with van der Waals surface area (Å²) < 4.78 is 5.64. The van der Waals surface area contributed by atoms with E-state index in [-0.39, 0.29) is 6.04 Å². The monoisotopic (exact) mass is 262 g/mol. The van der Waals surface area contributed by atoms with Gasteiger partial charge in [0.15, 0.2) is 0 Å². The molecule has 2 aromatic rings. The molecule has 0 spiro atoms. The molecule has 18 heavy (non-hydrogen) atoms. The number of ether oxygens (including phenoxy) is 1. The summed E-state index contributed by atoms with van der Waals surface area (Å²) in [6, 6.07) is 10.9. The van der Waals surface area contributed by atoms with Gasteiger partial charge in [-0.1, -0.05) is 18.5 Å². The van der Waals surface area contributed by atoms with Crippen LogP contribution in [0, 0.1) is 0 Å². The number of nitrogens with two attached hydrogens (primary N) is 1. The first-order valence-electron chi connectivity index (χ1n) is 5.84. The minimum absolute atomic E-state index is 0.0189. The lowest BCUT2D eigenvalue weighted by Crippen LogP contribution is -2.10. The molecule has 0 amide bonds. The first kappa shape index (κ1) is 12.9. The molecule has 0 aliphatic rings. The van der Waals surface area contributed by atoms with Crippen molar-refractivity contribution in [2.45, 2.75) is 19.4 Å². The molecule has 2 rings (SSSR count). The molecule has 0 aliphatic carbocycles. The van der Waals surface area contributed by atoms with Crippen LogP contribution >= 0.6 is 11.6 Å². The minimum atomic E-state index is -0.0189. The smallest absolute Gasteiger partial charge is 0.145 e. The van der Waals surface area contributed by atoms with Crippen molar-refractivity contribution in [2.24, 2.45) is 5.73 Å². The molecule has 2 N–H and O–H groups in total. The summed E-state index contributed by atoms with van der Waals surface area (Å²) in [7, 11) is 0. The Bertz CT molecular complexity index is 496. The molecule has 3 nitrogen and oxygen atoms in total. The zero-order valence-corrected chi connectivity index (χ0v) is 10.9. The fraction of sp³-hybridized carbons (Fsp3) is 0.214. The molecule has 1 atom stereocenters. The van der Waals surface area contributed by atoms with Gasteiger partial charge in [0.25, 0.3) is 0 Å². The predicted octanol–water partition coefficient (Wildman–Crippen LogP) is 3.94. The fourth-order valence-corrected chi connectivity index (χ4v) is 1.65. The maximum atomic E-state index is 5.90. The molecule has 0 saturated heterocycles. The maximum absolute atomic E-state index is 5.90. The van der Waals surface area contributed by atoms with E-state index in [4.69, 9.17) is 22.1 Å². The van der Waals surface area contributed by atoms with Crippen LogP contribution in [0.5, 0.6) is 11.5 Å². The molecule has 0 saturated carbocycles. The van der Waals surface area contributed by atoms with Crippen LogP contribution < -0.4 is 10.5 Å². The molecular weight excluding hydrogens is 248 g/mol. The summed E-state index contributed by atoms with van der Waals surface area (Å²) in [4.78, 5) is 4.29. The van der Waals surface area contributed by atoms with Gasteiger partial charge in [-0.05, 0) is 42.8 Å². The normalized spacial score (nSPS) is 12.2. The van der Waals surface area contributed by atoms with E-state index in [1.807, 2.05) is 31.2 Å². The highest BCUT2D eigenvalue weighted by atomic mass is 35.5. The van der Waals surface area contributed by atoms with E-state index in [1.54, 1.807) is 18.3 Å². The highest BCUT2D eigenvalue weighted by Gasteiger charge is 2.05. The van der Waals surface area contributed by atoms with Gasteiger partial charge in [-0.2, -0.15) is 0 Å². The Balaban J connectivity index is 2.08. The van der Waals surface area contributed by atoms with E-state index in [2.05, 4.69) is 4.98 Å². The molecule has 4 heteroatoms. The van der Waals surface area contributed by atoms with Crippen molar-refractivity contribution < 1.29 is 4.74 Å². The summed E-state index contributed by atoms with van der Waals surface area (Å²) in [6.07, 6.45) is 2.55. The van der Waals surface area contributed by atoms with Gasteiger partial charge < -0.3 is 10.5 Å². The number of hydrogen-bond donors (Lipinski definition) is 1. The first-order chi connectivity index (χ1) is 8.69. The maximum Gasteiger partial charge on any atom is 0.145 e. The zero-order valence-electron chi connectivity index (χ0n) is 10.1. The van der Waals surface area contributed by atoms with E-state index in [1.165, 1.54) is 0 Å². The highest BCUT2D eigenvalue weighted by molar-refractivity contribution is 6.30. The lowest BCUT2D eigenvalue weighted by molar-refractivity contribution is 0.479. The predicted molar refractivity (Wildman–Crippen MR) is 73.0 cm³/mol. The Kier molecular flexibility index (Phi) is 4.18. The summed E-state index contributed by atoms with van der Waals surface area (Å²) in [6.45, 7) is 2.03. The summed E-state index contributed by atoms with van der Waals surface area (Å²) >= 11 is 5.80. The van der Waals surface area contributed by atoms with Crippen LogP contribution in [0.15, 0.2) is 42.6 Å². The second-order valence-corrected chi connectivity index (χ2v) is 4.43. The Morgan fingerprint density at radius 3 is 2.39 bits per heavy atom. The average Bonchev–Trinajstić information content (AvgIpc) is 2.41. The van der Waals surface area contributed by atoms with Crippen LogP contribution in [0.2, 0.25) is 5.02 Å². The number of pyridine rings is 1. The molecule has 1 heterocycles. The van der Waals surface area contributed by atoms with E-state index in [9.17, 15) is 0 Å². The molecule has 1 aromatic carbocycles. The van der Waals surface area contributed by atoms with Crippen LogP contribution in [-0.4, -0.2) is 4.98 Å².